The summed E-state index contributed by atoms with van der Waals surface area (Å²) in [7, 11) is -3.65. The first kappa shape index (κ1) is 29.0. The fourth-order valence-electron chi connectivity index (χ4n) is 7.53. The highest BCUT2D eigenvalue weighted by atomic mass is 32.2. The Kier molecular flexibility index (Phi) is 6.47. The van der Waals surface area contributed by atoms with Crippen molar-refractivity contribution >= 4 is 32.8 Å². The summed E-state index contributed by atoms with van der Waals surface area (Å²) in [5.41, 5.74) is 7.09. The topological polar surface area (TPSA) is 80.2 Å². The van der Waals surface area contributed by atoms with Crippen LogP contribution in [0.4, 0.5) is 17.2 Å². The van der Waals surface area contributed by atoms with Gasteiger partial charge in [0.1, 0.15) is 5.82 Å². The predicted octanol–water partition coefficient (Wildman–Crippen LogP) is 8.69. The molecule has 7 aromatic rings. The van der Waals surface area contributed by atoms with Crippen molar-refractivity contribution in [3.63, 3.8) is 0 Å². The van der Waals surface area contributed by atoms with E-state index >= 15 is 0 Å². The molecule has 0 radical (unpaired) electrons. The van der Waals surface area contributed by atoms with Crippen LogP contribution in [0.15, 0.2) is 174 Å². The maximum Gasteiger partial charge on any atom is 0.230 e. The predicted molar refractivity (Wildman–Crippen MR) is 189 cm³/mol. The van der Waals surface area contributed by atoms with Crippen molar-refractivity contribution < 1.29 is 13.2 Å². The smallest absolute Gasteiger partial charge is 0.230 e. The lowest BCUT2D eigenvalue weighted by atomic mass is 9.62. The molecule has 2 aliphatic heterocycles. The fourth-order valence-corrected chi connectivity index (χ4v) is 9.20. The van der Waals surface area contributed by atoms with Gasteiger partial charge in [0, 0.05) is 22.9 Å². The summed E-state index contributed by atoms with van der Waals surface area (Å²) in [5, 5.41) is 0. The summed E-state index contributed by atoms with van der Waals surface area (Å²) in [6.07, 6.45) is 1.60. The minimum atomic E-state index is -3.65. The number of carbonyl (C=O) groups is 1. The summed E-state index contributed by atoms with van der Waals surface area (Å²) in [6, 6.07) is 51.1. The second kappa shape index (κ2) is 10.9. The number of fused-ring (bicyclic) bond motifs is 5. The number of para-hydroxylation sites is 2. The number of sulfone groups is 1. The molecule has 6 nitrogen and oxygen atoms in total. The fraction of sp³-hybridized carbons (Fsp3) is 0.0238. The molecular formula is C42H27N3O3S. The van der Waals surface area contributed by atoms with Gasteiger partial charge in [-0.15, -0.1) is 0 Å². The lowest BCUT2D eigenvalue weighted by Gasteiger charge is -2.46. The van der Waals surface area contributed by atoms with Crippen LogP contribution in [-0.4, -0.2) is 24.2 Å². The van der Waals surface area contributed by atoms with E-state index < -0.39 is 21.0 Å². The lowest BCUT2D eigenvalue weighted by Crippen LogP contribution is -2.38. The van der Waals surface area contributed by atoms with E-state index in [4.69, 9.17) is 4.98 Å². The average Bonchev–Trinajstić information content (AvgIpc) is 3.39. The van der Waals surface area contributed by atoms with Crippen LogP contribution in [0, 0.1) is 0 Å². The third-order valence-corrected chi connectivity index (χ3v) is 11.5. The van der Waals surface area contributed by atoms with Gasteiger partial charge in [0.15, 0.2) is 0 Å². The lowest BCUT2D eigenvalue weighted by molar-refractivity contribution is 0.102. The maximum atomic E-state index is 14.0. The third-order valence-electron chi connectivity index (χ3n) is 9.58. The summed E-state index contributed by atoms with van der Waals surface area (Å²) < 4.78 is 26.3. The van der Waals surface area contributed by atoms with E-state index in [1.54, 1.807) is 42.6 Å². The van der Waals surface area contributed by atoms with Gasteiger partial charge in [-0.1, -0.05) is 115 Å². The molecule has 9 rings (SSSR count). The Balaban J connectivity index is 1.21. The zero-order valence-corrected chi connectivity index (χ0v) is 26.9. The third kappa shape index (κ3) is 4.19. The van der Waals surface area contributed by atoms with Gasteiger partial charge < -0.3 is 0 Å². The average molecular weight is 654 g/mol. The molecule has 0 saturated heterocycles. The van der Waals surface area contributed by atoms with Gasteiger partial charge in [0.05, 0.1) is 26.6 Å². The molecule has 0 aliphatic carbocycles. The van der Waals surface area contributed by atoms with Gasteiger partial charge in [-0.05, 0) is 64.7 Å². The largest absolute Gasteiger partial charge is 0.294 e. The number of rotatable bonds is 5. The van der Waals surface area contributed by atoms with E-state index in [-0.39, 0.29) is 15.6 Å². The molecule has 49 heavy (non-hydrogen) atoms. The van der Waals surface area contributed by atoms with Crippen molar-refractivity contribution in [1.82, 2.24) is 9.97 Å². The van der Waals surface area contributed by atoms with Gasteiger partial charge in [0.2, 0.25) is 21.4 Å². The molecular weight excluding hydrogens is 627 g/mol. The highest BCUT2D eigenvalue weighted by Crippen LogP contribution is 2.57. The molecule has 0 atom stereocenters. The van der Waals surface area contributed by atoms with E-state index in [0.717, 1.165) is 33.6 Å². The molecule has 6 aromatic carbocycles. The number of hydrogen-bond acceptors (Lipinski definition) is 6. The first-order chi connectivity index (χ1) is 24.0. The van der Waals surface area contributed by atoms with E-state index in [1.165, 1.54) is 6.07 Å². The molecule has 0 spiro atoms. The standard InChI is InChI=1S/C42H27N3O3S/c46-40(28-23-24-38-32(27-28)31-17-7-12-22-37(31)49(38,47)48)41-43-26-25-39(44-41)45-35-20-10-8-18-33(35)42(29-13-3-1-4-14-29,30-15-5-2-6-16-30)34-19-9-11-21-36(34)45/h1-27H. The molecule has 3 heterocycles. The summed E-state index contributed by atoms with van der Waals surface area (Å²) in [4.78, 5) is 25.8. The van der Waals surface area contributed by atoms with Crippen molar-refractivity contribution in [3.05, 3.63) is 198 Å². The number of benzene rings is 6. The SMILES string of the molecule is O=C(c1ccc2c(c1)-c1ccccc1S2(=O)=O)c1nccc(N2c3ccccc3C(c3ccccc3)(c3ccccc3)c3ccccc32)n1. The van der Waals surface area contributed by atoms with Gasteiger partial charge in [-0.3, -0.25) is 9.69 Å². The van der Waals surface area contributed by atoms with Crippen molar-refractivity contribution in [3.8, 4) is 11.1 Å². The second-order valence-electron chi connectivity index (χ2n) is 12.1. The van der Waals surface area contributed by atoms with Gasteiger partial charge in [-0.25, -0.2) is 18.4 Å². The second-order valence-corrected chi connectivity index (χ2v) is 14.0. The minimum absolute atomic E-state index is 0.0181. The quantitative estimate of drug-likeness (QED) is 0.173. The Morgan fingerprint density at radius 1 is 0.571 bits per heavy atom. The molecule has 0 fully saturated rings. The van der Waals surface area contributed by atoms with Crippen LogP contribution in [0.1, 0.15) is 38.4 Å². The number of ketones is 1. The molecule has 0 N–H and O–H groups in total. The maximum absolute atomic E-state index is 14.0. The highest BCUT2D eigenvalue weighted by molar-refractivity contribution is 7.92. The van der Waals surface area contributed by atoms with Crippen LogP contribution in [0.5, 0.6) is 0 Å². The molecule has 1 aromatic heterocycles. The zero-order valence-electron chi connectivity index (χ0n) is 26.1. The van der Waals surface area contributed by atoms with Crippen molar-refractivity contribution in [2.75, 3.05) is 4.90 Å². The Labute approximate surface area is 283 Å². The van der Waals surface area contributed by atoms with E-state index in [2.05, 4.69) is 94.8 Å². The van der Waals surface area contributed by atoms with E-state index in [9.17, 15) is 13.2 Å². The van der Waals surface area contributed by atoms with Crippen LogP contribution in [0.2, 0.25) is 0 Å². The van der Waals surface area contributed by atoms with Crippen molar-refractivity contribution in [2.24, 2.45) is 0 Å². The highest BCUT2D eigenvalue weighted by Gasteiger charge is 2.46. The summed E-state index contributed by atoms with van der Waals surface area (Å²) in [5.74, 6) is 0.166. The first-order valence-corrected chi connectivity index (χ1v) is 17.4. The van der Waals surface area contributed by atoms with Crippen LogP contribution >= 0.6 is 0 Å². The van der Waals surface area contributed by atoms with Crippen LogP contribution in [0.3, 0.4) is 0 Å². The molecule has 0 unspecified atom stereocenters. The van der Waals surface area contributed by atoms with Gasteiger partial charge in [0.25, 0.3) is 0 Å². The zero-order chi connectivity index (χ0) is 33.2. The first-order valence-electron chi connectivity index (χ1n) is 16.0. The molecule has 0 bridgehead atoms. The van der Waals surface area contributed by atoms with Gasteiger partial charge in [-0.2, -0.15) is 0 Å². The van der Waals surface area contributed by atoms with Crippen LogP contribution in [-0.2, 0) is 15.3 Å². The molecule has 7 heteroatoms. The number of nitrogens with zero attached hydrogens (tertiary/aromatic N) is 3. The number of carbonyl (C=O) groups excluding carboxylic acids is 1. The Morgan fingerprint density at radius 3 is 1.78 bits per heavy atom. The Hall–Kier alpha value is -6.18. The molecule has 2 aliphatic rings. The minimum Gasteiger partial charge on any atom is -0.294 e. The van der Waals surface area contributed by atoms with Crippen molar-refractivity contribution in [1.29, 1.82) is 0 Å². The molecule has 234 valence electrons. The van der Waals surface area contributed by atoms with Crippen molar-refractivity contribution in [2.45, 2.75) is 15.2 Å². The monoisotopic (exact) mass is 653 g/mol. The normalized spacial score (nSPS) is 14.7. The Morgan fingerprint density at radius 2 is 1.12 bits per heavy atom. The number of aromatic nitrogens is 2. The molecule has 0 saturated carbocycles. The Bertz CT molecular complexity index is 2460. The molecule has 0 amide bonds. The van der Waals surface area contributed by atoms with E-state index in [0.29, 0.717) is 22.5 Å². The summed E-state index contributed by atoms with van der Waals surface area (Å²) >= 11 is 0. The number of hydrogen-bond donors (Lipinski definition) is 0. The van der Waals surface area contributed by atoms with Crippen LogP contribution < -0.4 is 4.90 Å². The number of anilines is 3. The van der Waals surface area contributed by atoms with Gasteiger partial charge >= 0.3 is 0 Å². The summed E-state index contributed by atoms with van der Waals surface area (Å²) in [6.45, 7) is 0. The van der Waals surface area contributed by atoms with Crippen LogP contribution in [0.25, 0.3) is 11.1 Å². The van der Waals surface area contributed by atoms with E-state index in [1.807, 2.05) is 30.3 Å².